The van der Waals surface area contributed by atoms with E-state index in [1.165, 1.54) is 9.78 Å². The van der Waals surface area contributed by atoms with Gasteiger partial charge in [0.2, 0.25) is 0 Å². The molecule has 0 unspecified atom stereocenters. The Balaban J connectivity index is 1.65. The summed E-state index contributed by atoms with van der Waals surface area (Å²) in [7, 11) is 0. The smallest absolute Gasteiger partial charge is 0.321 e. The number of imide groups is 1. The molecule has 3 amide bonds. The number of hydrogen-bond donors (Lipinski definition) is 4. The molecule has 1 aromatic heterocycles. The zero-order chi connectivity index (χ0) is 16.7. The molecule has 0 saturated carbocycles. The van der Waals surface area contributed by atoms with E-state index in [9.17, 15) is 9.59 Å². The molecule has 128 valence electrons. The van der Waals surface area contributed by atoms with Crippen molar-refractivity contribution in [3.63, 3.8) is 0 Å². The first-order chi connectivity index (χ1) is 11.1. The van der Waals surface area contributed by atoms with E-state index in [0.717, 1.165) is 39.1 Å². The molecule has 0 radical (unpaired) electrons. The van der Waals surface area contributed by atoms with E-state index < -0.39 is 0 Å². The first kappa shape index (κ1) is 17.9. The van der Waals surface area contributed by atoms with Crippen LogP contribution in [-0.2, 0) is 11.3 Å². The largest absolute Gasteiger partial charge is 0.335 e. The lowest BCUT2D eigenvalue weighted by Crippen LogP contribution is -3.28. The molecular weight excluding hydrogens is 312 g/mol. The third-order valence-electron chi connectivity index (χ3n) is 4.32. The molecule has 0 aliphatic carbocycles. The van der Waals surface area contributed by atoms with Crippen LogP contribution in [0.2, 0.25) is 0 Å². The van der Waals surface area contributed by atoms with Gasteiger partial charge in [-0.3, -0.25) is 10.1 Å². The molecular formula is C16H28N4O2S+2. The van der Waals surface area contributed by atoms with Crippen molar-refractivity contribution in [1.29, 1.82) is 0 Å². The van der Waals surface area contributed by atoms with Crippen molar-refractivity contribution in [3.05, 3.63) is 22.4 Å². The number of carbonyl (C=O) groups is 2. The number of nitrogens with one attached hydrogen (secondary N) is 4. The fraction of sp³-hybridized carbons (Fsp3) is 0.625. The Labute approximate surface area is 141 Å². The van der Waals surface area contributed by atoms with Gasteiger partial charge in [0.1, 0.15) is 32.7 Å². The highest BCUT2D eigenvalue weighted by Crippen LogP contribution is 2.05. The lowest BCUT2D eigenvalue weighted by molar-refractivity contribution is -1.01. The molecule has 0 bridgehead atoms. The second kappa shape index (κ2) is 9.00. The number of thiophene rings is 1. The molecule has 23 heavy (non-hydrogen) atoms. The molecule has 1 saturated heterocycles. The van der Waals surface area contributed by atoms with Crippen molar-refractivity contribution in [3.8, 4) is 0 Å². The van der Waals surface area contributed by atoms with Crippen LogP contribution in [0.3, 0.4) is 0 Å². The first-order valence-corrected chi connectivity index (χ1v) is 9.24. The molecule has 6 nitrogen and oxygen atoms in total. The van der Waals surface area contributed by atoms with Crippen LogP contribution < -0.4 is 20.4 Å². The van der Waals surface area contributed by atoms with Crippen molar-refractivity contribution in [2.24, 2.45) is 0 Å². The molecule has 0 spiro atoms. The van der Waals surface area contributed by atoms with Gasteiger partial charge in [-0.05, 0) is 24.8 Å². The topological polar surface area (TPSA) is 67.1 Å². The maximum atomic E-state index is 11.9. The Morgan fingerprint density at radius 3 is 2.57 bits per heavy atom. The van der Waals surface area contributed by atoms with Gasteiger partial charge in [0.25, 0.3) is 5.91 Å². The van der Waals surface area contributed by atoms with E-state index in [-0.39, 0.29) is 18.0 Å². The Morgan fingerprint density at radius 2 is 1.96 bits per heavy atom. The second-order valence-electron chi connectivity index (χ2n) is 6.26. The predicted molar refractivity (Wildman–Crippen MR) is 90.7 cm³/mol. The van der Waals surface area contributed by atoms with Gasteiger partial charge in [-0.1, -0.05) is 13.0 Å². The van der Waals surface area contributed by atoms with Crippen molar-refractivity contribution in [2.45, 2.75) is 32.9 Å². The van der Waals surface area contributed by atoms with Crippen LogP contribution in [0.4, 0.5) is 4.79 Å². The first-order valence-electron chi connectivity index (χ1n) is 8.36. The molecule has 2 heterocycles. The summed E-state index contributed by atoms with van der Waals surface area (Å²) >= 11 is 1.81. The third kappa shape index (κ3) is 6.29. The normalized spacial score (nSPS) is 22.3. The number of quaternary nitrogens is 2. The summed E-state index contributed by atoms with van der Waals surface area (Å²) in [5.41, 5.74) is 0. The number of carbonyl (C=O) groups excluding carboxylic acids is 2. The summed E-state index contributed by atoms with van der Waals surface area (Å²) in [6.45, 7) is 9.45. The van der Waals surface area contributed by atoms with E-state index in [1.807, 2.05) is 13.8 Å². The number of piperazine rings is 1. The standard InChI is InChI=1S/C16H26N4O2S/c1-3-13(2)17-16(22)18-15(21)12-20-8-6-19(7-9-20)11-14-5-4-10-23-14/h4-5,10,13H,3,6-9,11-12H2,1-2H3,(H2,17,18,21,22)/p+2/t13-/m0/s1. The number of hydrogen-bond acceptors (Lipinski definition) is 3. The minimum absolute atomic E-state index is 0.0829. The van der Waals surface area contributed by atoms with Gasteiger partial charge >= 0.3 is 6.03 Å². The maximum absolute atomic E-state index is 11.9. The van der Waals surface area contributed by atoms with Gasteiger partial charge in [-0.25, -0.2) is 4.79 Å². The van der Waals surface area contributed by atoms with Gasteiger partial charge in [0.05, 0.1) is 4.88 Å². The average molecular weight is 340 g/mol. The van der Waals surface area contributed by atoms with Crippen LogP contribution in [-0.4, -0.2) is 50.7 Å². The van der Waals surface area contributed by atoms with Crippen molar-refractivity contribution in [1.82, 2.24) is 10.6 Å². The van der Waals surface area contributed by atoms with E-state index in [2.05, 4.69) is 28.1 Å². The minimum Gasteiger partial charge on any atom is -0.335 e. The zero-order valence-corrected chi connectivity index (χ0v) is 14.8. The van der Waals surface area contributed by atoms with Crippen molar-refractivity contribution >= 4 is 23.3 Å². The van der Waals surface area contributed by atoms with Gasteiger partial charge < -0.3 is 15.1 Å². The van der Waals surface area contributed by atoms with Crippen molar-refractivity contribution < 1.29 is 19.4 Å². The molecule has 1 atom stereocenters. The second-order valence-corrected chi connectivity index (χ2v) is 7.30. The molecule has 0 aromatic carbocycles. The fourth-order valence-corrected chi connectivity index (χ4v) is 3.51. The lowest BCUT2D eigenvalue weighted by atomic mass is 10.3. The van der Waals surface area contributed by atoms with Crippen LogP contribution in [0.25, 0.3) is 0 Å². The Hall–Kier alpha value is -1.44. The molecule has 1 aliphatic rings. The molecule has 4 N–H and O–H groups in total. The number of amides is 3. The summed E-state index contributed by atoms with van der Waals surface area (Å²) in [5, 5.41) is 7.29. The SMILES string of the molecule is CC[C@H](C)NC(=O)NC(=O)C[NH+]1CC[NH+](Cc2cccs2)CC1. The monoisotopic (exact) mass is 340 g/mol. The highest BCUT2D eigenvalue weighted by molar-refractivity contribution is 7.09. The molecule has 1 aromatic rings. The van der Waals surface area contributed by atoms with Crippen LogP contribution in [0.15, 0.2) is 17.5 Å². The van der Waals surface area contributed by atoms with Crippen LogP contribution >= 0.6 is 11.3 Å². The minimum atomic E-state index is -0.384. The summed E-state index contributed by atoms with van der Waals surface area (Å²) < 4.78 is 0. The van der Waals surface area contributed by atoms with Crippen molar-refractivity contribution in [2.75, 3.05) is 32.7 Å². The summed E-state index contributed by atoms with van der Waals surface area (Å²) in [6.07, 6.45) is 0.849. The van der Waals surface area contributed by atoms with Gasteiger partial charge in [-0.2, -0.15) is 0 Å². The molecule has 7 heteroatoms. The summed E-state index contributed by atoms with van der Waals surface area (Å²) in [4.78, 5) is 27.8. The number of rotatable bonds is 6. The van der Waals surface area contributed by atoms with E-state index in [4.69, 9.17) is 0 Å². The van der Waals surface area contributed by atoms with Crippen LogP contribution in [0, 0.1) is 0 Å². The molecule has 2 rings (SSSR count). The molecule has 1 aliphatic heterocycles. The van der Waals surface area contributed by atoms with Gasteiger partial charge in [0.15, 0.2) is 6.54 Å². The highest BCUT2D eigenvalue weighted by Gasteiger charge is 2.25. The number of urea groups is 1. The average Bonchev–Trinajstić information content (AvgIpc) is 3.01. The van der Waals surface area contributed by atoms with Gasteiger partial charge in [0, 0.05) is 6.04 Å². The molecule has 1 fully saturated rings. The summed E-state index contributed by atoms with van der Waals surface area (Å²) in [5.74, 6) is -0.192. The zero-order valence-electron chi connectivity index (χ0n) is 14.0. The third-order valence-corrected chi connectivity index (χ3v) is 5.20. The van der Waals surface area contributed by atoms with E-state index in [1.54, 1.807) is 16.2 Å². The van der Waals surface area contributed by atoms with E-state index >= 15 is 0 Å². The maximum Gasteiger partial charge on any atom is 0.321 e. The van der Waals surface area contributed by atoms with Gasteiger partial charge in [-0.15, -0.1) is 11.3 Å². The Kier molecular flexibility index (Phi) is 7.01. The quantitative estimate of drug-likeness (QED) is 0.518. The Morgan fingerprint density at radius 1 is 1.26 bits per heavy atom. The highest BCUT2D eigenvalue weighted by atomic mass is 32.1. The van der Waals surface area contributed by atoms with E-state index in [0.29, 0.717) is 6.54 Å². The Bertz CT molecular complexity index is 498. The predicted octanol–water partition coefficient (Wildman–Crippen LogP) is -1.34. The van der Waals surface area contributed by atoms with Crippen LogP contribution in [0.5, 0.6) is 0 Å². The van der Waals surface area contributed by atoms with Crippen LogP contribution in [0.1, 0.15) is 25.1 Å². The fourth-order valence-electron chi connectivity index (χ4n) is 2.73. The summed E-state index contributed by atoms with van der Waals surface area (Å²) in [6, 6.07) is 3.97. The lowest BCUT2D eigenvalue weighted by Gasteiger charge is -2.29.